The van der Waals surface area contributed by atoms with Crippen LogP contribution in [-0.4, -0.2) is 26.0 Å². The van der Waals surface area contributed by atoms with E-state index in [4.69, 9.17) is 0 Å². The number of nitrogens with zero attached hydrogens (tertiary/aromatic N) is 2. The van der Waals surface area contributed by atoms with Crippen molar-refractivity contribution in [3.63, 3.8) is 0 Å². The SMILES string of the molecule is O=c1[nH]c(=O)n(-c2ccc(F)cc2)c(O)c1C=Nc1cccc(O)c1. The highest BCUT2D eigenvalue weighted by Crippen LogP contribution is 2.20. The van der Waals surface area contributed by atoms with Gasteiger partial charge in [0.2, 0.25) is 5.88 Å². The van der Waals surface area contributed by atoms with Gasteiger partial charge in [-0.1, -0.05) is 6.07 Å². The lowest BCUT2D eigenvalue weighted by atomic mass is 10.2. The molecule has 8 heteroatoms. The maximum Gasteiger partial charge on any atom is 0.335 e. The summed E-state index contributed by atoms with van der Waals surface area (Å²) in [7, 11) is 0. The molecule has 3 aromatic rings. The minimum Gasteiger partial charge on any atom is -0.508 e. The Balaban J connectivity index is 2.12. The second kappa shape index (κ2) is 6.44. The predicted octanol–water partition coefficient (Wildman–Crippen LogP) is 1.83. The van der Waals surface area contributed by atoms with E-state index in [0.29, 0.717) is 5.69 Å². The Hall–Kier alpha value is -3.68. The molecule has 0 radical (unpaired) electrons. The molecule has 2 aromatic carbocycles. The molecule has 7 nitrogen and oxygen atoms in total. The molecule has 1 aromatic heterocycles. The van der Waals surface area contributed by atoms with Gasteiger partial charge in [0.05, 0.1) is 11.4 Å². The number of hydrogen-bond donors (Lipinski definition) is 3. The molecule has 0 aliphatic carbocycles. The lowest BCUT2D eigenvalue weighted by Crippen LogP contribution is -2.31. The number of phenols is 1. The summed E-state index contributed by atoms with van der Waals surface area (Å²) in [4.78, 5) is 30.0. The highest BCUT2D eigenvalue weighted by Gasteiger charge is 2.14. The Morgan fingerprint density at radius 1 is 1.08 bits per heavy atom. The third kappa shape index (κ3) is 3.32. The zero-order valence-corrected chi connectivity index (χ0v) is 12.7. The van der Waals surface area contributed by atoms with Crippen LogP contribution in [0.25, 0.3) is 5.69 Å². The third-order valence-corrected chi connectivity index (χ3v) is 3.38. The van der Waals surface area contributed by atoms with Crippen LogP contribution in [0, 0.1) is 5.82 Å². The maximum atomic E-state index is 13.0. The first-order valence-corrected chi connectivity index (χ1v) is 7.13. The molecule has 25 heavy (non-hydrogen) atoms. The van der Waals surface area contributed by atoms with Gasteiger partial charge in [-0.25, -0.2) is 13.8 Å². The van der Waals surface area contributed by atoms with Crippen LogP contribution in [0.3, 0.4) is 0 Å². The largest absolute Gasteiger partial charge is 0.508 e. The highest BCUT2D eigenvalue weighted by molar-refractivity contribution is 5.84. The number of aliphatic imine (C=N–C) groups is 1. The van der Waals surface area contributed by atoms with Gasteiger partial charge in [-0.2, -0.15) is 0 Å². The van der Waals surface area contributed by atoms with Crippen LogP contribution in [0.15, 0.2) is 63.1 Å². The number of aromatic amines is 1. The van der Waals surface area contributed by atoms with Gasteiger partial charge in [-0.05, 0) is 36.4 Å². The quantitative estimate of drug-likeness (QED) is 0.632. The molecule has 0 unspecified atom stereocenters. The average Bonchev–Trinajstić information content (AvgIpc) is 2.56. The van der Waals surface area contributed by atoms with E-state index < -0.39 is 22.9 Å². The summed E-state index contributed by atoms with van der Waals surface area (Å²) < 4.78 is 13.9. The second-order valence-corrected chi connectivity index (χ2v) is 5.09. The summed E-state index contributed by atoms with van der Waals surface area (Å²) in [5, 5.41) is 19.7. The Morgan fingerprint density at radius 2 is 1.80 bits per heavy atom. The van der Waals surface area contributed by atoms with E-state index in [1.165, 1.54) is 24.3 Å². The summed E-state index contributed by atoms with van der Waals surface area (Å²) in [6.45, 7) is 0. The first-order chi connectivity index (χ1) is 12.0. The molecule has 126 valence electrons. The van der Waals surface area contributed by atoms with E-state index in [1.807, 2.05) is 0 Å². The third-order valence-electron chi connectivity index (χ3n) is 3.38. The number of aromatic nitrogens is 2. The molecule has 0 saturated heterocycles. The number of rotatable bonds is 3. The topological polar surface area (TPSA) is 108 Å². The summed E-state index contributed by atoms with van der Waals surface area (Å²) >= 11 is 0. The Bertz CT molecular complexity index is 1070. The monoisotopic (exact) mass is 341 g/mol. The molecular formula is C17H12FN3O4. The van der Waals surface area contributed by atoms with Gasteiger partial charge in [0, 0.05) is 12.3 Å². The van der Waals surface area contributed by atoms with E-state index in [2.05, 4.69) is 9.98 Å². The lowest BCUT2D eigenvalue weighted by molar-refractivity contribution is 0.430. The molecule has 0 bridgehead atoms. The van der Waals surface area contributed by atoms with Crippen molar-refractivity contribution < 1.29 is 14.6 Å². The maximum absolute atomic E-state index is 13.0. The van der Waals surface area contributed by atoms with Crippen molar-refractivity contribution in [3.8, 4) is 17.3 Å². The van der Waals surface area contributed by atoms with Crippen molar-refractivity contribution in [2.75, 3.05) is 0 Å². The van der Waals surface area contributed by atoms with Crippen LogP contribution >= 0.6 is 0 Å². The van der Waals surface area contributed by atoms with Crippen LogP contribution in [0.1, 0.15) is 5.56 Å². The number of benzene rings is 2. The smallest absolute Gasteiger partial charge is 0.335 e. The van der Waals surface area contributed by atoms with Crippen molar-refractivity contribution >= 4 is 11.9 Å². The molecule has 0 spiro atoms. The highest BCUT2D eigenvalue weighted by atomic mass is 19.1. The number of aromatic hydroxyl groups is 2. The standard InChI is InChI=1S/C17H12FN3O4/c18-10-4-6-12(7-5-10)21-16(24)14(15(23)20-17(21)25)9-19-11-2-1-3-13(22)8-11/h1-9,22,24H,(H,20,23,25). The van der Waals surface area contributed by atoms with Gasteiger partial charge in [0.1, 0.15) is 17.1 Å². The summed E-state index contributed by atoms with van der Waals surface area (Å²) in [6.07, 6.45) is 1.07. The first-order valence-electron chi connectivity index (χ1n) is 7.13. The summed E-state index contributed by atoms with van der Waals surface area (Å²) in [6, 6.07) is 10.8. The molecule has 3 N–H and O–H groups in total. The van der Waals surface area contributed by atoms with Gasteiger partial charge >= 0.3 is 5.69 Å². The molecular weight excluding hydrogens is 329 g/mol. The van der Waals surface area contributed by atoms with E-state index in [-0.39, 0.29) is 17.0 Å². The molecule has 0 atom stereocenters. The van der Waals surface area contributed by atoms with Gasteiger partial charge in [0.15, 0.2) is 0 Å². The van der Waals surface area contributed by atoms with E-state index in [9.17, 15) is 24.2 Å². The Kier molecular flexibility index (Phi) is 4.17. The molecule has 1 heterocycles. The fourth-order valence-corrected chi connectivity index (χ4v) is 2.20. The lowest BCUT2D eigenvalue weighted by Gasteiger charge is -2.09. The molecule has 0 amide bonds. The minimum absolute atomic E-state index is 0.0101. The van der Waals surface area contributed by atoms with Gasteiger partial charge in [0.25, 0.3) is 5.56 Å². The van der Waals surface area contributed by atoms with Crippen molar-refractivity contribution in [3.05, 3.63) is 80.7 Å². The van der Waals surface area contributed by atoms with Crippen molar-refractivity contribution in [2.45, 2.75) is 0 Å². The normalized spacial score (nSPS) is 11.1. The zero-order valence-electron chi connectivity index (χ0n) is 12.7. The number of phenolic OH excluding ortho intramolecular Hbond substituents is 1. The number of nitrogens with one attached hydrogen (secondary N) is 1. The number of hydrogen-bond acceptors (Lipinski definition) is 5. The van der Waals surface area contributed by atoms with E-state index >= 15 is 0 Å². The minimum atomic E-state index is -0.872. The van der Waals surface area contributed by atoms with Gasteiger partial charge in [-0.15, -0.1) is 0 Å². The van der Waals surface area contributed by atoms with Crippen LogP contribution < -0.4 is 11.2 Å². The van der Waals surface area contributed by atoms with Crippen LogP contribution in [-0.2, 0) is 0 Å². The van der Waals surface area contributed by atoms with Crippen LogP contribution in [0.2, 0.25) is 0 Å². The number of H-pyrrole nitrogens is 1. The van der Waals surface area contributed by atoms with Crippen LogP contribution in [0.4, 0.5) is 10.1 Å². The summed E-state index contributed by atoms with van der Waals surface area (Å²) in [5.74, 6) is -1.15. The van der Waals surface area contributed by atoms with E-state index in [0.717, 1.165) is 22.9 Å². The first kappa shape index (κ1) is 16.2. The van der Waals surface area contributed by atoms with Gasteiger partial charge < -0.3 is 10.2 Å². The molecule has 0 aliphatic rings. The van der Waals surface area contributed by atoms with Crippen molar-refractivity contribution in [1.29, 1.82) is 0 Å². The Morgan fingerprint density at radius 3 is 2.48 bits per heavy atom. The molecule has 3 rings (SSSR count). The second-order valence-electron chi connectivity index (χ2n) is 5.09. The molecule has 0 saturated carbocycles. The fraction of sp³-hybridized carbons (Fsp3) is 0. The molecule has 0 aliphatic heterocycles. The van der Waals surface area contributed by atoms with Gasteiger partial charge in [-0.3, -0.25) is 14.8 Å². The Labute approximate surface area is 140 Å². The average molecular weight is 341 g/mol. The fourth-order valence-electron chi connectivity index (χ4n) is 2.20. The summed E-state index contributed by atoms with van der Waals surface area (Å²) in [5.41, 5.74) is -1.44. The molecule has 0 fully saturated rings. The van der Waals surface area contributed by atoms with Crippen LogP contribution in [0.5, 0.6) is 11.6 Å². The van der Waals surface area contributed by atoms with E-state index in [1.54, 1.807) is 12.1 Å². The van der Waals surface area contributed by atoms with Crippen molar-refractivity contribution in [2.24, 2.45) is 4.99 Å². The number of halogens is 1. The predicted molar refractivity (Wildman–Crippen MR) is 89.6 cm³/mol. The van der Waals surface area contributed by atoms with Crippen molar-refractivity contribution in [1.82, 2.24) is 9.55 Å². The zero-order chi connectivity index (χ0) is 18.0.